The second-order valence-electron chi connectivity index (χ2n) is 6.02. The summed E-state index contributed by atoms with van der Waals surface area (Å²) < 4.78 is 0. The van der Waals surface area contributed by atoms with E-state index in [9.17, 15) is 9.59 Å². The Hall–Kier alpha value is -1.10. The van der Waals surface area contributed by atoms with Crippen LogP contribution in [0.4, 0.5) is 0 Å². The third kappa shape index (κ3) is 4.20. The fourth-order valence-corrected chi connectivity index (χ4v) is 3.29. The van der Waals surface area contributed by atoms with Crippen molar-refractivity contribution in [3.05, 3.63) is 0 Å². The summed E-state index contributed by atoms with van der Waals surface area (Å²) in [4.78, 5) is 25.1. The number of carbonyl (C=O) groups excluding carboxylic acids is 2. The molecule has 108 valence electrons. The summed E-state index contributed by atoms with van der Waals surface area (Å²) in [6.45, 7) is 2.95. The zero-order valence-corrected chi connectivity index (χ0v) is 11.7. The number of nitrogens with two attached hydrogens (primary N) is 1. The van der Waals surface area contributed by atoms with Crippen molar-refractivity contribution in [1.82, 2.24) is 10.2 Å². The van der Waals surface area contributed by atoms with Crippen molar-refractivity contribution in [3.8, 4) is 0 Å². The molecule has 2 rings (SSSR count). The van der Waals surface area contributed by atoms with Gasteiger partial charge in [0.1, 0.15) is 0 Å². The van der Waals surface area contributed by atoms with Gasteiger partial charge in [-0.2, -0.15) is 0 Å². The van der Waals surface area contributed by atoms with Gasteiger partial charge in [0, 0.05) is 38.5 Å². The predicted molar refractivity (Wildman–Crippen MR) is 73.4 cm³/mol. The van der Waals surface area contributed by atoms with E-state index in [0.29, 0.717) is 18.9 Å². The molecule has 2 fully saturated rings. The van der Waals surface area contributed by atoms with Crippen LogP contribution in [0.5, 0.6) is 0 Å². The Labute approximate surface area is 114 Å². The maximum Gasteiger partial charge on any atom is 0.222 e. The standard InChI is InChI=1S/C14H25N3O2/c1-10(18)16-13-5-6-17(9-13)14(19)8-11-3-2-4-12(15)7-11/h11-13H,2-9,15H2,1H3,(H,16,18). The molecule has 0 aromatic carbocycles. The highest BCUT2D eigenvalue weighted by Gasteiger charge is 2.29. The Morgan fingerprint density at radius 2 is 2.11 bits per heavy atom. The van der Waals surface area contributed by atoms with Crippen molar-refractivity contribution < 1.29 is 9.59 Å². The SMILES string of the molecule is CC(=O)NC1CCN(C(=O)CC2CCCC(N)C2)C1. The van der Waals surface area contributed by atoms with E-state index in [-0.39, 0.29) is 23.9 Å². The van der Waals surface area contributed by atoms with Crippen LogP contribution in [0.1, 0.15) is 45.4 Å². The Morgan fingerprint density at radius 1 is 1.32 bits per heavy atom. The number of nitrogens with zero attached hydrogens (tertiary/aromatic N) is 1. The lowest BCUT2D eigenvalue weighted by Crippen LogP contribution is -2.38. The first-order valence-corrected chi connectivity index (χ1v) is 7.35. The molecule has 0 radical (unpaired) electrons. The number of hydrogen-bond acceptors (Lipinski definition) is 3. The molecule has 5 heteroatoms. The minimum Gasteiger partial charge on any atom is -0.352 e. The molecule has 2 aliphatic rings. The summed E-state index contributed by atoms with van der Waals surface area (Å²) in [5.41, 5.74) is 5.96. The summed E-state index contributed by atoms with van der Waals surface area (Å²) in [6.07, 6.45) is 5.85. The summed E-state index contributed by atoms with van der Waals surface area (Å²) in [7, 11) is 0. The molecule has 3 N–H and O–H groups in total. The smallest absolute Gasteiger partial charge is 0.222 e. The second-order valence-corrected chi connectivity index (χ2v) is 6.02. The molecule has 1 heterocycles. The third-order valence-electron chi connectivity index (χ3n) is 4.24. The Morgan fingerprint density at radius 3 is 2.79 bits per heavy atom. The first-order chi connectivity index (χ1) is 9.04. The van der Waals surface area contributed by atoms with Crippen molar-refractivity contribution in [3.63, 3.8) is 0 Å². The molecule has 1 aliphatic carbocycles. The lowest BCUT2D eigenvalue weighted by Gasteiger charge is -2.27. The highest BCUT2D eigenvalue weighted by molar-refractivity contribution is 5.77. The van der Waals surface area contributed by atoms with Gasteiger partial charge in [-0.05, 0) is 31.6 Å². The van der Waals surface area contributed by atoms with Crippen molar-refractivity contribution in [2.24, 2.45) is 11.7 Å². The number of carbonyl (C=O) groups is 2. The van der Waals surface area contributed by atoms with Gasteiger partial charge in [-0.25, -0.2) is 0 Å². The van der Waals surface area contributed by atoms with E-state index in [2.05, 4.69) is 5.32 Å². The van der Waals surface area contributed by atoms with E-state index in [1.807, 2.05) is 4.90 Å². The van der Waals surface area contributed by atoms with Gasteiger partial charge in [-0.3, -0.25) is 9.59 Å². The first kappa shape index (κ1) is 14.3. The maximum atomic E-state index is 12.2. The van der Waals surface area contributed by atoms with Crippen LogP contribution in [0.15, 0.2) is 0 Å². The van der Waals surface area contributed by atoms with Crippen molar-refractivity contribution in [1.29, 1.82) is 0 Å². The van der Waals surface area contributed by atoms with Crippen LogP contribution >= 0.6 is 0 Å². The highest BCUT2D eigenvalue weighted by atomic mass is 16.2. The monoisotopic (exact) mass is 267 g/mol. The van der Waals surface area contributed by atoms with Gasteiger partial charge in [-0.15, -0.1) is 0 Å². The molecule has 2 amide bonds. The number of amides is 2. The molecule has 0 aromatic heterocycles. The zero-order valence-electron chi connectivity index (χ0n) is 11.7. The van der Waals surface area contributed by atoms with Crippen LogP contribution in [0.25, 0.3) is 0 Å². The summed E-state index contributed by atoms with van der Waals surface area (Å²) in [6, 6.07) is 0.410. The van der Waals surface area contributed by atoms with E-state index < -0.39 is 0 Å². The minimum atomic E-state index is -0.0162. The lowest BCUT2D eigenvalue weighted by molar-refractivity contribution is -0.131. The van der Waals surface area contributed by atoms with Crippen LogP contribution in [0.2, 0.25) is 0 Å². The molecule has 3 atom stereocenters. The quantitative estimate of drug-likeness (QED) is 0.787. The molecule has 0 spiro atoms. The largest absolute Gasteiger partial charge is 0.352 e. The van der Waals surface area contributed by atoms with Crippen LogP contribution in [0, 0.1) is 5.92 Å². The third-order valence-corrected chi connectivity index (χ3v) is 4.24. The average molecular weight is 267 g/mol. The van der Waals surface area contributed by atoms with Crippen molar-refractivity contribution in [2.45, 2.75) is 57.5 Å². The molecule has 5 nitrogen and oxygen atoms in total. The molecule has 0 bridgehead atoms. The molecular formula is C14H25N3O2. The predicted octanol–water partition coefficient (Wildman–Crippen LogP) is 0.631. The molecule has 0 aromatic rings. The fraction of sp³-hybridized carbons (Fsp3) is 0.857. The highest BCUT2D eigenvalue weighted by Crippen LogP contribution is 2.27. The fourth-order valence-electron chi connectivity index (χ4n) is 3.29. The lowest BCUT2D eigenvalue weighted by atomic mass is 9.84. The second kappa shape index (κ2) is 6.37. The van der Waals surface area contributed by atoms with Crippen LogP contribution < -0.4 is 11.1 Å². The molecule has 19 heavy (non-hydrogen) atoms. The average Bonchev–Trinajstić information content (AvgIpc) is 2.76. The van der Waals surface area contributed by atoms with E-state index in [4.69, 9.17) is 5.73 Å². The van der Waals surface area contributed by atoms with Gasteiger partial charge >= 0.3 is 0 Å². The maximum absolute atomic E-state index is 12.2. The Balaban J connectivity index is 1.76. The van der Waals surface area contributed by atoms with Gasteiger partial charge in [0.25, 0.3) is 0 Å². The van der Waals surface area contributed by atoms with E-state index in [1.165, 1.54) is 6.92 Å². The summed E-state index contributed by atoms with van der Waals surface area (Å²) in [5.74, 6) is 0.667. The minimum absolute atomic E-state index is 0.0162. The van der Waals surface area contributed by atoms with Crippen LogP contribution in [0.3, 0.4) is 0 Å². The van der Waals surface area contributed by atoms with Gasteiger partial charge in [-0.1, -0.05) is 6.42 Å². The normalized spacial score (nSPS) is 31.3. The van der Waals surface area contributed by atoms with Crippen molar-refractivity contribution in [2.75, 3.05) is 13.1 Å². The summed E-state index contributed by atoms with van der Waals surface area (Å²) >= 11 is 0. The van der Waals surface area contributed by atoms with Crippen molar-refractivity contribution >= 4 is 11.8 Å². The number of likely N-dealkylation sites (tertiary alicyclic amines) is 1. The Kier molecular flexibility index (Phi) is 4.80. The van der Waals surface area contributed by atoms with Gasteiger partial charge < -0.3 is 16.0 Å². The van der Waals surface area contributed by atoms with Crippen LogP contribution in [-0.4, -0.2) is 41.9 Å². The topological polar surface area (TPSA) is 75.4 Å². The number of hydrogen-bond donors (Lipinski definition) is 2. The first-order valence-electron chi connectivity index (χ1n) is 7.35. The van der Waals surface area contributed by atoms with E-state index in [0.717, 1.165) is 38.6 Å². The molecule has 1 aliphatic heterocycles. The molecule has 1 saturated carbocycles. The Bertz CT molecular complexity index is 346. The zero-order chi connectivity index (χ0) is 13.8. The summed E-state index contributed by atoms with van der Waals surface area (Å²) in [5, 5.41) is 2.88. The van der Waals surface area contributed by atoms with Gasteiger partial charge in [0.15, 0.2) is 0 Å². The van der Waals surface area contributed by atoms with E-state index in [1.54, 1.807) is 0 Å². The molecular weight excluding hydrogens is 242 g/mol. The van der Waals surface area contributed by atoms with Gasteiger partial charge in [0.2, 0.25) is 11.8 Å². The van der Waals surface area contributed by atoms with Crippen LogP contribution in [-0.2, 0) is 9.59 Å². The van der Waals surface area contributed by atoms with Gasteiger partial charge in [0.05, 0.1) is 0 Å². The molecule has 1 saturated heterocycles. The molecule has 3 unspecified atom stereocenters. The number of nitrogens with one attached hydrogen (secondary N) is 1. The number of rotatable bonds is 3. The van der Waals surface area contributed by atoms with E-state index >= 15 is 0 Å².